The molecular weight excluding hydrogens is 224 g/mol. The van der Waals surface area contributed by atoms with Crippen LogP contribution in [0.3, 0.4) is 0 Å². The second-order valence-corrected chi connectivity index (χ2v) is 5.37. The van der Waals surface area contributed by atoms with Crippen LogP contribution >= 0.6 is 12.4 Å². The van der Waals surface area contributed by atoms with Crippen molar-refractivity contribution < 1.29 is 4.79 Å². The molecule has 3 fully saturated rings. The monoisotopic (exact) mass is 244 g/mol. The Morgan fingerprint density at radius 3 is 2.69 bits per heavy atom. The molecule has 0 radical (unpaired) electrons. The van der Waals surface area contributed by atoms with E-state index in [2.05, 4.69) is 10.2 Å². The zero-order valence-electron chi connectivity index (χ0n) is 9.65. The maximum atomic E-state index is 12.3. The highest BCUT2D eigenvalue weighted by Gasteiger charge is 2.41. The van der Waals surface area contributed by atoms with E-state index in [0.29, 0.717) is 11.9 Å². The maximum Gasteiger partial charge on any atom is 0.227 e. The van der Waals surface area contributed by atoms with Crippen LogP contribution in [-0.2, 0) is 4.79 Å². The molecule has 0 aromatic rings. The summed E-state index contributed by atoms with van der Waals surface area (Å²) in [5.41, 5.74) is 0. The molecule has 0 spiro atoms. The molecule has 1 N–H and O–H groups in total. The lowest BCUT2D eigenvalue weighted by molar-refractivity contribution is -0.137. The topological polar surface area (TPSA) is 32.3 Å². The van der Waals surface area contributed by atoms with Crippen LogP contribution in [0.1, 0.15) is 32.1 Å². The summed E-state index contributed by atoms with van der Waals surface area (Å²) in [5, 5.41) is 3.34. The fourth-order valence-corrected chi connectivity index (χ4v) is 3.49. The molecule has 3 rings (SSSR count). The molecule has 2 aliphatic heterocycles. The molecule has 1 saturated carbocycles. The van der Waals surface area contributed by atoms with Crippen molar-refractivity contribution in [2.24, 2.45) is 11.8 Å². The molecule has 2 saturated heterocycles. The van der Waals surface area contributed by atoms with E-state index in [1.807, 2.05) is 0 Å². The quantitative estimate of drug-likeness (QED) is 0.757. The Kier molecular flexibility index (Phi) is 3.75. The highest BCUT2D eigenvalue weighted by atomic mass is 35.5. The van der Waals surface area contributed by atoms with Gasteiger partial charge in [-0.2, -0.15) is 0 Å². The van der Waals surface area contributed by atoms with Gasteiger partial charge in [-0.15, -0.1) is 12.4 Å². The molecule has 1 aliphatic carbocycles. The van der Waals surface area contributed by atoms with Crippen molar-refractivity contribution in [1.29, 1.82) is 0 Å². The lowest BCUT2D eigenvalue weighted by Gasteiger charge is -2.32. The van der Waals surface area contributed by atoms with E-state index in [1.54, 1.807) is 0 Å². The third-order valence-electron chi connectivity index (χ3n) is 4.34. The van der Waals surface area contributed by atoms with E-state index in [1.165, 1.54) is 25.7 Å². The number of likely N-dealkylation sites (tertiary alicyclic amines) is 1. The molecule has 2 heterocycles. The number of nitrogens with zero attached hydrogens (tertiary/aromatic N) is 1. The molecule has 0 aromatic carbocycles. The number of carbonyl (C=O) groups is 1. The van der Waals surface area contributed by atoms with Gasteiger partial charge in [0.05, 0.1) is 5.92 Å². The van der Waals surface area contributed by atoms with Crippen LogP contribution in [0.5, 0.6) is 0 Å². The number of halogens is 1. The molecule has 2 bridgehead atoms. The Hall–Kier alpha value is -0.280. The van der Waals surface area contributed by atoms with Crippen molar-refractivity contribution in [3.8, 4) is 0 Å². The molecule has 3 nitrogen and oxygen atoms in total. The number of hydrogen-bond donors (Lipinski definition) is 1. The minimum atomic E-state index is 0. The van der Waals surface area contributed by atoms with Gasteiger partial charge in [-0.3, -0.25) is 4.79 Å². The van der Waals surface area contributed by atoms with Gasteiger partial charge in [0, 0.05) is 19.1 Å². The van der Waals surface area contributed by atoms with Gasteiger partial charge in [-0.05, 0) is 44.6 Å². The Morgan fingerprint density at radius 1 is 1.25 bits per heavy atom. The third-order valence-corrected chi connectivity index (χ3v) is 4.34. The van der Waals surface area contributed by atoms with Gasteiger partial charge in [0.2, 0.25) is 5.91 Å². The fraction of sp³-hybridized carbons (Fsp3) is 0.917. The standard InChI is InChI=1S/C12H20N2O.ClH/c15-12(10-2-1-5-13-7-10)14-8-9-3-4-11(14)6-9;/h9-11,13H,1-8H2;1H. The van der Waals surface area contributed by atoms with Gasteiger partial charge in [-0.1, -0.05) is 0 Å². The summed E-state index contributed by atoms with van der Waals surface area (Å²) >= 11 is 0. The van der Waals surface area contributed by atoms with Crippen molar-refractivity contribution in [2.45, 2.75) is 38.1 Å². The molecule has 1 amide bonds. The third kappa shape index (κ3) is 2.07. The number of rotatable bonds is 1. The van der Waals surface area contributed by atoms with Crippen molar-refractivity contribution in [1.82, 2.24) is 10.2 Å². The predicted molar refractivity (Wildman–Crippen MR) is 65.7 cm³/mol. The summed E-state index contributed by atoms with van der Waals surface area (Å²) < 4.78 is 0. The predicted octanol–water partition coefficient (Wildman–Crippen LogP) is 1.42. The summed E-state index contributed by atoms with van der Waals surface area (Å²) in [4.78, 5) is 14.5. The van der Waals surface area contributed by atoms with Gasteiger partial charge in [0.25, 0.3) is 0 Å². The van der Waals surface area contributed by atoms with Crippen LogP contribution < -0.4 is 5.32 Å². The lowest BCUT2D eigenvalue weighted by atomic mass is 9.97. The van der Waals surface area contributed by atoms with Crippen LogP contribution in [-0.4, -0.2) is 36.5 Å². The molecule has 3 unspecified atom stereocenters. The largest absolute Gasteiger partial charge is 0.339 e. The number of fused-ring (bicyclic) bond motifs is 2. The van der Waals surface area contributed by atoms with E-state index < -0.39 is 0 Å². The van der Waals surface area contributed by atoms with E-state index in [-0.39, 0.29) is 18.3 Å². The molecular formula is C12H21ClN2O. The molecule has 16 heavy (non-hydrogen) atoms. The Labute approximate surface area is 103 Å². The van der Waals surface area contributed by atoms with E-state index >= 15 is 0 Å². The Morgan fingerprint density at radius 2 is 2.12 bits per heavy atom. The number of hydrogen-bond acceptors (Lipinski definition) is 2. The van der Waals surface area contributed by atoms with Crippen LogP contribution in [0.15, 0.2) is 0 Å². The van der Waals surface area contributed by atoms with Gasteiger partial charge < -0.3 is 10.2 Å². The Balaban J connectivity index is 0.000000963. The van der Waals surface area contributed by atoms with Crippen molar-refractivity contribution >= 4 is 18.3 Å². The van der Waals surface area contributed by atoms with Crippen LogP contribution in [0.4, 0.5) is 0 Å². The highest BCUT2D eigenvalue weighted by molar-refractivity contribution is 5.85. The summed E-state index contributed by atoms with van der Waals surface area (Å²) in [6.45, 7) is 3.06. The van der Waals surface area contributed by atoms with Gasteiger partial charge >= 0.3 is 0 Å². The number of nitrogens with one attached hydrogen (secondary N) is 1. The van der Waals surface area contributed by atoms with E-state index in [9.17, 15) is 4.79 Å². The highest BCUT2D eigenvalue weighted by Crippen LogP contribution is 2.38. The fourth-order valence-electron chi connectivity index (χ4n) is 3.49. The summed E-state index contributed by atoms with van der Waals surface area (Å²) in [6, 6.07) is 0.601. The second-order valence-electron chi connectivity index (χ2n) is 5.37. The first-order valence-electron chi connectivity index (χ1n) is 6.36. The first-order valence-corrected chi connectivity index (χ1v) is 6.36. The smallest absolute Gasteiger partial charge is 0.227 e. The summed E-state index contributed by atoms with van der Waals surface area (Å²) in [6.07, 6.45) is 6.16. The molecule has 0 aromatic heterocycles. The summed E-state index contributed by atoms with van der Waals surface area (Å²) in [5.74, 6) is 1.54. The van der Waals surface area contributed by atoms with E-state index in [0.717, 1.165) is 32.0 Å². The van der Waals surface area contributed by atoms with Crippen LogP contribution in [0.2, 0.25) is 0 Å². The summed E-state index contributed by atoms with van der Waals surface area (Å²) in [7, 11) is 0. The SMILES string of the molecule is Cl.O=C(C1CCCNC1)N1CC2CCC1C2. The zero-order valence-corrected chi connectivity index (χ0v) is 10.5. The second kappa shape index (κ2) is 4.92. The van der Waals surface area contributed by atoms with Crippen molar-refractivity contribution in [3.05, 3.63) is 0 Å². The van der Waals surface area contributed by atoms with Gasteiger partial charge in [0.1, 0.15) is 0 Å². The van der Waals surface area contributed by atoms with Crippen LogP contribution in [0, 0.1) is 11.8 Å². The number of carbonyl (C=O) groups excluding carboxylic acids is 1. The van der Waals surface area contributed by atoms with Gasteiger partial charge in [0.15, 0.2) is 0 Å². The van der Waals surface area contributed by atoms with Crippen molar-refractivity contribution in [2.75, 3.05) is 19.6 Å². The molecule has 3 atom stereocenters. The molecule has 92 valence electrons. The molecule has 4 heteroatoms. The first-order chi connectivity index (χ1) is 7.34. The average molecular weight is 245 g/mol. The Bertz CT molecular complexity index is 266. The van der Waals surface area contributed by atoms with E-state index in [4.69, 9.17) is 0 Å². The minimum absolute atomic E-state index is 0. The first kappa shape index (κ1) is 12.2. The maximum absolute atomic E-state index is 12.3. The van der Waals surface area contributed by atoms with Crippen molar-refractivity contribution in [3.63, 3.8) is 0 Å². The normalized spacial score (nSPS) is 37.2. The number of piperidine rings is 2. The minimum Gasteiger partial charge on any atom is -0.339 e. The average Bonchev–Trinajstić information content (AvgIpc) is 2.91. The number of amides is 1. The lowest BCUT2D eigenvalue weighted by Crippen LogP contribution is -2.46. The zero-order chi connectivity index (χ0) is 10.3. The van der Waals surface area contributed by atoms with Gasteiger partial charge in [-0.25, -0.2) is 0 Å². The molecule has 3 aliphatic rings. The van der Waals surface area contributed by atoms with Crippen LogP contribution in [0.25, 0.3) is 0 Å².